The monoisotopic (exact) mass is 432 g/mol. The molecule has 1 heterocycles. The van der Waals surface area contributed by atoms with E-state index < -0.39 is 6.09 Å². The lowest BCUT2D eigenvalue weighted by Crippen LogP contribution is -2.33. The summed E-state index contributed by atoms with van der Waals surface area (Å²) in [6.45, 7) is 11.8. The number of benzene rings is 1. The number of ether oxygens (including phenoxy) is 2. The summed E-state index contributed by atoms with van der Waals surface area (Å²) >= 11 is 0. The van der Waals surface area contributed by atoms with Crippen molar-refractivity contribution in [1.29, 1.82) is 0 Å². The number of nitrogens with zero attached hydrogens (tertiary/aromatic N) is 1. The molecule has 0 saturated heterocycles. The number of nitrogens with one attached hydrogen (secondary N) is 1. The van der Waals surface area contributed by atoms with Gasteiger partial charge in [-0.15, -0.1) is 0 Å². The summed E-state index contributed by atoms with van der Waals surface area (Å²) in [5.74, 6) is 1.22. The van der Waals surface area contributed by atoms with E-state index in [1.807, 2.05) is 32.9 Å². The smallest absolute Gasteiger partial charge is 0.404 e. The Bertz CT molecular complexity index is 944. The summed E-state index contributed by atoms with van der Waals surface area (Å²) in [7, 11) is 0. The standard InChI is InChI=1S/C24H36N2O5/c1-6-8-12-30-17-10-11-18-19(14-17)21(31-13-9-7-2)20(15-25-23(28)29)26(22(18)27)16-24(3,4)5/h10-11,14,25H,6-9,12-13,15-16H2,1-5H3,(H,28,29). The molecule has 2 rings (SSSR count). The maximum absolute atomic E-state index is 13.4. The van der Waals surface area contributed by atoms with E-state index in [2.05, 4.69) is 19.2 Å². The predicted molar refractivity (Wildman–Crippen MR) is 123 cm³/mol. The maximum Gasteiger partial charge on any atom is 0.404 e. The van der Waals surface area contributed by atoms with Crippen LogP contribution < -0.4 is 20.3 Å². The van der Waals surface area contributed by atoms with Gasteiger partial charge in [0.15, 0.2) is 0 Å². The number of aromatic nitrogens is 1. The highest BCUT2D eigenvalue weighted by atomic mass is 16.5. The number of pyridine rings is 1. The highest BCUT2D eigenvalue weighted by Crippen LogP contribution is 2.32. The minimum Gasteiger partial charge on any atom is -0.494 e. The summed E-state index contributed by atoms with van der Waals surface area (Å²) in [6.07, 6.45) is 2.65. The second kappa shape index (κ2) is 11.1. The van der Waals surface area contributed by atoms with Crippen LogP contribution in [-0.2, 0) is 13.1 Å². The van der Waals surface area contributed by atoms with Crippen molar-refractivity contribution in [2.24, 2.45) is 5.41 Å². The lowest BCUT2D eigenvalue weighted by molar-refractivity contribution is 0.193. The zero-order valence-electron chi connectivity index (χ0n) is 19.4. The second-order valence-corrected chi connectivity index (χ2v) is 9.00. The van der Waals surface area contributed by atoms with Crippen LogP contribution >= 0.6 is 0 Å². The Labute approximate surface area is 184 Å². The van der Waals surface area contributed by atoms with Gasteiger partial charge in [-0.1, -0.05) is 47.5 Å². The number of carboxylic acid groups (broad SMARTS) is 1. The van der Waals surface area contributed by atoms with E-state index in [9.17, 15) is 14.7 Å². The van der Waals surface area contributed by atoms with Crippen LogP contribution in [0.15, 0.2) is 23.0 Å². The van der Waals surface area contributed by atoms with Gasteiger partial charge >= 0.3 is 6.09 Å². The fourth-order valence-electron chi connectivity index (χ4n) is 3.32. The molecular weight excluding hydrogens is 396 g/mol. The Kier molecular flexibility index (Phi) is 8.77. The molecule has 172 valence electrons. The summed E-state index contributed by atoms with van der Waals surface area (Å²) in [5.41, 5.74) is 0.200. The van der Waals surface area contributed by atoms with Crippen molar-refractivity contribution in [3.63, 3.8) is 0 Å². The Morgan fingerprint density at radius 2 is 1.71 bits per heavy atom. The summed E-state index contributed by atoms with van der Waals surface area (Å²) < 4.78 is 13.7. The fraction of sp³-hybridized carbons (Fsp3) is 0.583. The van der Waals surface area contributed by atoms with Crippen molar-refractivity contribution in [1.82, 2.24) is 9.88 Å². The molecule has 7 heteroatoms. The van der Waals surface area contributed by atoms with Crippen LogP contribution in [0.3, 0.4) is 0 Å². The number of amides is 1. The summed E-state index contributed by atoms with van der Waals surface area (Å²) in [6, 6.07) is 5.42. The van der Waals surface area contributed by atoms with Crippen LogP contribution in [0.2, 0.25) is 0 Å². The van der Waals surface area contributed by atoms with Crippen LogP contribution in [-0.4, -0.2) is 29.0 Å². The van der Waals surface area contributed by atoms with Crippen LogP contribution in [0.25, 0.3) is 10.8 Å². The van der Waals surface area contributed by atoms with Crippen LogP contribution in [0.1, 0.15) is 66.0 Å². The third-order valence-electron chi connectivity index (χ3n) is 4.85. The van der Waals surface area contributed by atoms with Crippen molar-refractivity contribution in [2.45, 2.75) is 73.4 Å². The van der Waals surface area contributed by atoms with Gasteiger partial charge in [-0.25, -0.2) is 4.79 Å². The molecule has 0 atom stereocenters. The minimum absolute atomic E-state index is 0.0149. The van der Waals surface area contributed by atoms with Crippen molar-refractivity contribution >= 4 is 16.9 Å². The van der Waals surface area contributed by atoms with Crippen molar-refractivity contribution in [3.05, 3.63) is 34.2 Å². The van der Waals surface area contributed by atoms with E-state index >= 15 is 0 Å². The van der Waals surface area contributed by atoms with E-state index in [0.717, 1.165) is 25.7 Å². The van der Waals surface area contributed by atoms with Crippen molar-refractivity contribution in [3.8, 4) is 11.5 Å². The molecule has 0 fully saturated rings. The minimum atomic E-state index is -1.15. The van der Waals surface area contributed by atoms with Gasteiger partial charge < -0.3 is 24.5 Å². The lowest BCUT2D eigenvalue weighted by atomic mass is 9.96. The zero-order valence-corrected chi connectivity index (χ0v) is 19.4. The van der Waals surface area contributed by atoms with Gasteiger partial charge in [-0.3, -0.25) is 4.79 Å². The number of hydrogen-bond donors (Lipinski definition) is 2. The first-order chi connectivity index (χ1) is 14.7. The van der Waals surface area contributed by atoms with Gasteiger partial charge in [-0.05, 0) is 36.5 Å². The normalized spacial score (nSPS) is 11.5. The lowest BCUT2D eigenvalue weighted by Gasteiger charge is -2.25. The molecule has 2 N–H and O–H groups in total. The van der Waals surface area contributed by atoms with E-state index in [1.54, 1.807) is 10.6 Å². The molecule has 0 aliphatic heterocycles. The topological polar surface area (TPSA) is 89.8 Å². The highest BCUT2D eigenvalue weighted by Gasteiger charge is 2.22. The van der Waals surface area contributed by atoms with Crippen LogP contribution in [0, 0.1) is 5.41 Å². The quantitative estimate of drug-likeness (QED) is 0.478. The Morgan fingerprint density at radius 3 is 2.29 bits per heavy atom. The molecule has 0 unspecified atom stereocenters. The summed E-state index contributed by atoms with van der Waals surface area (Å²) in [5, 5.41) is 12.8. The average Bonchev–Trinajstić information content (AvgIpc) is 2.69. The Hall–Kier alpha value is -2.70. The zero-order chi connectivity index (χ0) is 23.0. The molecular formula is C24H36N2O5. The van der Waals surface area contributed by atoms with Gasteiger partial charge in [0.1, 0.15) is 11.5 Å². The first kappa shape index (κ1) is 24.6. The number of fused-ring (bicyclic) bond motifs is 1. The van der Waals surface area contributed by atoms with E-state index in [0.29, 0.717) is 47.7 Å². The molecule has 1 aromatic heterocycles. The van der Waals surface area contributed by atoms with Crippen molar-refractivity contribution in [2.75, 3.05) is 13.2 Å². The fourth-order valence-corrected chi connectivity index (χ4v) is 3.32. The average molecular weight is 433 g/mol. The van der Waals surface area contributed by atoms with Gasteiger partial charge in [0.05, 0.1) is 30.8 Å². The summed E-state index contributed by atoms with van der Waals surface area (Å²) in [4.78, 5) is 24.6. The first-order valence-corrected chi connectivity index (χ1v) is 11.1. The first-order valence-electron chi connectivity index (χ1n) is 11.1. The third-order valence-corrected chi connectivity index (χ3v) is 4.85. The highest BCUT2D eigenvalue weighted by molar-refractivity contribution is 5.89. The molecule has 31 heavy (non-hydrogen) atoms. The number of rotatable bonds is 11. The van der Waals surface area contributed by atoms with Gasteiger partial charge in [0.2, 0.25) is 0 Å². The van der Waals surface area contributed by atoms with Crippen LogP contribution in [0.4, 0.5) is 4.79 Å². The molecule has 1 amide bonds. The van der Waals surface area contributed by atoms with Crippen LogP contribution in [0.5, 0.6) is 11.5 Å². The molecule has 0 bridgehead atoms. The van der Waals surface area contributed by atoms with E-state index in [-0.39, 0.29) is 17.5 Å². The predicted octanol–water partition coefficient (Wildman–Crippen LogP) is 5.17. The Balaban J connectivity index is 2.70. The number of carbonyl (C=O) groups is 1. The van der Waals surface area contributed by atoms with Gasteiger partial charge in [-0.2, -0.15) is 0 Å². The molecule has 0 radical (unpaired) electrons. The number of unbranched alkanes of at least 4 members (excludes halogenated alkanes) is 2. The van der Waals surface area contributed by atoms with Gasteiger partial charge in [0, 0.05) is 11.9 Å². The molecule has 7 nitrogen and oxygen atoms in total. The maximum atomic E-state index is 13.4. The van der Waals surface area contributed by atoms with Crippen molar-refractivity contribution < 1.29 is 19.4 Å². The second-order valence-electron chi connectivity index (χ2n) is 9.00. The van der Waals surface area contributed by atoms with Gasteiger partial charge in [0.25, 0.3) is 5.56 Å². The van der Waals surface area contributed by atoms with E-state index in [4.69, 9.17) is 9.47 Å². The molecule has 1 aromatic carbocycles. The SMILES string of the molecule is CCCCOc1ccc2c(=O)n(CC(C)(C)C)c(CNC(=O)O)c(OCCCC)c2c1. The largest absolute Gasteiger partial charge is 0.494 e. The number of hydrogen-bond acceptors (Lipinski definition) is 4. The molecule has 0 aliphatic rings. The molecule has 0 spiro atoms. The van der Waals surface area contributed by atoms with E-state index in [1.165, 1.54) is 0 Å². The molecule has 0 aliphatic carbocycles. The molecule has 2 aromatic rings. The Morgan fingerprint density at radius 1 is 1.06 bits per heavy atom. The molecule has 0 saturated carbocycles. The third kappa shape index (κ3) is 6.91.